The van der Waals surface area contributed by atoms with Crippen molar-refractivity contribution in [2.45, 2.75) is 20.4 Å². The van der Waals surface area contributed by atoms with Crippen LogP contribution in [-0.4, -0.2) is 36.0 Å². The first-order valence-electron chi connectivity index (χ1n) is 9.68. The van der Waals surface area contributed by atoms with Gasteiger partial charge in [0.15, 0.2) is 17.5 Å². The predicted molar refractivity (Wildman–Crippen MR) is 116 cm³/mol. The highest BCUT2D eigenvalue weighted by atomic mass is 16.5. The van der Waals surface area contributed by atoms with Crippen molar-refractivity contribution in [3.05, 3.63) is 66.5 Å². The number of ether oxygens (including phenoxy) is 2. The Bertz CT molecular complexity index is 937. The molecule has 0 aliphatic carbocycles. The molecular formula is C22H27N5O2. The summed E-state index contributed by atoms with van der Waals surface area (Å²) in [6.07, 6.45) is 3.82. The number of para-hydroxylation sites is 1. The summed E-state index contributed by atoms with van der Waals surface area (Å²) in [7, 11) is 1.63. The summed E-state index contributed by atoms with van der Waals surface area (Å²) in [5.41, 5.74) is 2.91. The summed E-state index contributed by atoms with van der Waals surface area (Å²) in [4.78, 5) is 4.67. The molecule has 0 unspecified atom stereocenters. The maximum absolute atomic E-state index is 5.57. The molecule has 2 N–H and O–H groups in total. The fraction of sp³-hybridized carbons (Fsp3) is 0.273. The fourth-order valence-corrected chi connectivity index (χ4v) is 2.80. The topological polar surface area (TPSA) is 72.7 Å². The number of methoxy groups -OCH3 is 1. The molecule has 0 spiro atoms. The van der Waals surface area contributed by atoms with Crippen molar-refractivity contribution >= 4 is 11.6 Å². The van der Waals surface area contributed by atoms with Gasteiger partial charge in [-0.3, -0.25) is 0 Å². The van der Waals surface area contributed by atoms with E-state index in [1.54, 1.807) is 7.11 Å². The third-order valence-electron chi connectivity index (χ3n) is 4.15. The van der Waals surface area contributed by atoms with E-state index in [9.17, 15) is 0 Å². The Morgan fingerprint density at radius 1 is 1.10 bits per heavy atom. The molecule has 152 valence electrons. The van der Waals surface area contributed by atoms with Crippen molar-refractivity contribution in [3.8, 4) is 17.2 Å². The van der Waals surface area contributed by atoms with Crippen LogP contribution >= 0.6 is 0 Å². The average Bonchev–Trinajstić information content (AvgIpc) is 3.23. The van der Waals surface area contributed by atoms with E-state index < -0.39 is 0 Å². The molecule has 0 fully saturated rings. The minimum atomic E-state index is 0.510. The quantitative estimate of drug-likeness (QED) is 0.449. The molecule has 0 saturated heterocycles. The number of aliphatic imine (C=N–C) groups is 1. The van der Waals surface area contributed by atoms with Gasteiger partial charge >= 0.3 is 0 Å². The maximum Gasteiger partial charge on any atom is 0.196 e. The lowest BCUT2D eigenvalue weighted by atomic mass is 10.2. The standard InChI is InChI=1S/C22H27N5O2/c1-4-23-22(26-18-11-12-20(29-5-2)21(13-18)28-3)24-14-17-15-25-27(16-17)19-9-7-6-8-10-19/h6-13,15-16H,4-5,14H2,1-3H3,(H2,23,24,26). The third-order valence-corrected chi connectivity index (χ3v) is 4.15. The number of hydrogen-bond donors (Lipinski definition) is 2. The van der Waals surface area contributed by atoms with Crippen LogP contribution in [-0.2, 0) is 6.54 Å². The van der Waals surface area contributed by atoms with E-state index in [1.807, 2.05) is 79.5 Å². The Balaban J connectivity index is 1.71. The molecule has 1 aromatic heterocycles. The first-order chi connectivity index (χ1) is 14.2. The van der Waals surface area contributed by atoms with Gasteiger partial charge in [-0.05, 0) is 38.1 Å². The van der Waals surface area contributed by atoms with Gasteiger partial charge in [0.25, 0.3) is 0 Å². The van der Waals surface area contributed by atoms with Gasteiger partial charge in [0.05, 0.1) is 32.1 Å². The van der Waals surface area contributed by atoms with Crippen molar-refractivity contribution in [2.75, 3.05) is 25.6 Å². The van der Waals surface area contributed by atoms with Gasteiger partial charge < -0.3 is 20.1 Å². The molecule has 7 heteroatoms. The fourth-order valence-electron chi connectivity index (χ4n) is 2.80. The lowest BCUT2D eigenvalue weighted by Gasteiger charge is -2.14. The molecule has 0 aliphatic heterocycles. The van der Waals surface area contributed by atoms with Crippen molar-refractivity contribution in [1.82, 2.24) is 15.1 Å². The highest BCUT2D eigenvalue weighted by Crippen LogP contribution is 2.30. The molecule has 1 heterocycles. The number of guanidine groups is 1. The van der Waals surface area contributed by atoms with Crippen LogP contribution in [0.3, 0.4) is 0 Å². The van der Waals surface area contributed by atoms with Crippen molar-refractivity contribution in [1.29, 1.82) is 0 Å². The lowest BCUT2D eigenvalue weighted by molar-refractivity contribution is 0.311. The number of nitrogens with one attached hydrogen (secondary N) is 2. The largest absolute Gasteiger partial charge is 0.493 e. The molecule has 0 amide bonds. The van der Waals surface area contributed by atoms with Crippen LogP contribution in [0, 0.1) is 0 Å². The van der Waals surface area contributed by atoms with Gasteiger partial charge in [0, 0.05) is 30.1 Å². The first kappa shape index (κ1) is 20.3. The van der Waals surface area contributed by atoms with E-state index >= 15 is 0 Å². The molecule has 2 aromatic carbocycles. The number of anilines is 1. The molecule has 3 rings (SSSR count). The second-order valence-corrected chi connectivity index (χ2v) is 6.25. The van der Waals surface area contributed by atoms with E-state index in [-0.39, 0.29) is 0 Å². The van der Waals surface area contributed by atoms with E-state index in [2.05, 4.69) is 20.7 Å². The predicted octanol–water partition coefficient (Wildman–Crippen LogP) is 3.86. The summed E-state index contributed by atoms with van der Waals surface area (Å²) < 4.78 is 12.8. The smallest absolute Gasteiger partial charge is 0.196 e. The second-order valence-electron chi connectivity index (χ2n) is 6.25. The molecule has 7 nitrogen and oxygen atoms in total. The molecule has 0 saturated carbocycles. The Labute approximate surface area is 171 Å². The summed E-state index contributed by atoms with van der Waals surface area (Å²) >= 11 is 0. The van der Waals surface area contributed by atoms with Crippen LogP contribution < -0.4 is 20.1 Å². The van der Waals surface area contributed by atoms with Crippen molar-refractivity contribution in [3.63, 3.8) is 0 Å². The Hall–Kier alpha value is -3.48. The SMILES string of the molecule is CCNC(=NCc1cnn(-c2ccccc2)c1)Nc1ccc(OCC)c(OC)c1. The number of aromatic nitrogens is 2. The third kappa shape index (κ3) is 5.51. The van der Waals surface area contributed by atoms with Gasteiger partial charge in [-0.15, -0.1) is 0 Å². The van der Waals surface area contributed by atoms with Crippen LogP contribution in [0.5, 0.6) is 11.5 Å². The second kappa shape index (κ2) is 10.2. The maximum atomic E-state index is 5.57. The zero-order chi connectivity index (χ0) is 20.5. The van der Waals surface area contributed by atoms with Gasteiger partial charge in [0.1, 0.15) is 0 Å². The molecule has 0 radical (unpaired) electrons. The van der Waals surface area contributed by atoms with Gasteiger partial charge in [0.2, 0.25) is 0 Å². The van der Waals surface area contributed by atoms with Crippen molar-refractivity contribution in [2.24, 2.45) is 4.99 Å². The summed E-state index contributed by atoms with van der Waals surface area (Å²) in [5.74, 6) is 2.08. The van der Waals surface area contributed by atoms with Crippen molar-refractivity contribution < 1.29 is 9.47 Å². The molecule has 0 atom stereocenters. The highest BCUT2D eigenvalue weighted by molar-refractivity contribution is 5.93. The number of hydrogen-bond acceptors (Lipinski definition) is 4. The van der Waals surface area contributed by atoms with Crippen LogP contribution in [0.4, 0.5) is 5.69 Å². The Morgan fingerprint density at radius 2 is 1.93 bits per heavy atom. The zero-order valence-electron chi connectivity index (χ0n) is 17.1. The van der Waals surface area contributed by atoms with Gasteiger partial charge in [-0.25, -0.2) is 9.67 Å². The number of rotatable bonds is 8. The van der Waals surface area contributed by atoms with Crippen LogP contribution in [0.25, 0.3) is 5.69 Å². The minimum Gasteiger partial charge on any atom is -0.493 e. The number of nitrogens with zero attached hydrogens (tertiary/aromatic N) is 3. The van der Waals surface area contributed by atoms with E-state index in [1.165, 1.54) is 0 Å². The van der Waals surface area contributed by atoms with Crippen LogP contribution in [0.1, 0.15) is 19.4 Å². The highest BCUT2D eigenvalue weighted by Gasteiger charge is 2.07. The van der Waals surface area contributed by atoms with E-state index in [0.29, 0.717) is 24.9 Å². The summed E-state index contributed by atoms with van der Waals surface area (Å²) in [5, 5.41) is 11.0. The summed E-state index contributed by atoms with van der Waals surface area (Å²) in [6, 6.07) is 15.7. The molecule has 0 bridgehead atoms. The van der Waals surface area contributed by atoms with Gasteiger partial charge in [-0.2, -0.15) is 5.10 Å². The average molecular weight is 393 g/mol. The lowest BCUT2D eigenvalue weighted by Crippen LogP contribution is -2.30. The summed E-state index contributed by atoms with van der Waals surface area (Å²) in [6.45, 7) is 5.83. The molecule has 0 aliphatic rings. The Morgan fingerprint density at radius 3 is 2.66 bits per heavy atom. The van der Waals surface area contributed by atoms with Crippen LogP contribution in [0.15, 0.2) is 65.9 Å². The molecule has 29 heavy (non-hydrogen) atoms. The van der Waals surface area contributed by atoms with Crippen LogP contribution in [0.2, 0.25) is 0 Å². The molecular weight excluding hydrogens is 366 g/mol. The van der Waals surface area contributed by atoms with Gasteiger partial charge in [-0.1, -0.05) is 18.2 Å². The normalized spacial score (nSPS) is 11.2. The minimum absolute atomic E-state index is 0.510. The number of benzene rings is 2. The Kier molecular flexibility index (Phi) is 7.10. The zero-order valence-corrected chi connectivity index (χ0v) is 17.1. The van der Waals surface area contributed by atoms with E-state index in [4.69, 9.17) is 9.47 Å². The monoisotopic (exact) mass is 393 g/mol. The molecule has 3 aromatic rings. The van der Waals surface area contributed by atoms with E-state index in [0.717, 1.165) is 29.2 Å². The first-order valence-corrected chi connectivity index (χ1v) is 9.68.